The molecule has 2 rings (SSSR count). The van der Waals surface area contributed by atoms with Crippen molar-refractivity contribution in [3.8, 4) is 11.1 Å². The van der Waals surface area contributed by atoms with E-state index >= 15 is 0 Å². The van der Waals surface area contributed by atoms with Gasteiger partial charge in [-0.25, -0.2) is 4.98 Å². The molecule has 1 aromatic heterocycles. The van der Waals surface area contributed by atoms with Gasteiger partial charge in [0, 0.05) is 15.3 Å². The Balaban J connectivity index is 2.43. The van der Waals surface area contributed by atoms with E-state index in [4.69, 9.17) is 11.6 Å². The minimum Gasteiger partial charge on any atom is -0.243 e. The van der Waals surface area contributed by atoms with Gasteiger partial charge in [-0.15, -0.1) is 0 Å². The lowest BCUT2D eigenvalue weighted by Gasteiger charge is -2.08. The average Bonchev–Trinajstić information content (AvgIpc) is 2.31. The summed E-state index contributed by atoms with van der Waals surface area (Å²) in [6.45, 7) is 0. The van der Waals surface area contributed by atoms with Crippen LogP contribution in [0.15, 0.2) is 36.5 Å². The SMILES string of the molecule is FC(F)(F)c1ccc(-c2cc(I)cnc2Cl)cc1. The first-order valence-electron chi connectivity index (χ1n) is 4.86. The van der Waals surface area contributed by atoms with E-state index in [-0.39, 0.29) is 5.15 Å². The number of alkyl halides is 3. The highest BCUT2D eigenvalue weighted by Crippen LogP contribution is 2.32. The van der Waals surface area contributed by atoms with Gasteiger partial charge in [0.1, 0.15) is 5.15 Å². The Morgan fingerprint density at radius 2 is 1.72 bits per heavy atom. The van der Waals surface area contributed by atoms with Crippen molar-refractivity contribution in [1.82, 2.24) is 4.98 Å². The normalized spacial score (nSPS) is 11.6. The molecule has 0 amide bonds. The summed E-state index contributed by atoms with van der Waals surface area (Å²) >= 11 is 7.99. The van der Waals surface area contributed by atoms with Crippen molar-refractivity contribution < 1.29 is 13.2 Å². The van der Waals surface area contributed by atoms with Crippen LogP contribution in [0, 0.1) is 3.57 Å². The second-order valence-electron chi connectivity index (χ2n) is 3.57. The second-order valence-corrected chi connectivity index (χ2v) is 5.17. The van der Waals surface area contributed by atoms with E-state index in [1.54, 1.807) is 12.3 Å². The maximum Gasteiger partial charge on any atom is 0.416 e. The molecule has 0 aliphatic carbocycles. The van der Waals surface area contributed by atoms with Crippen molar-refractivity contribution in [3.63, 3.8) is 0 Å². The predicted octanol–water partition coefficient (Wildman–Crippen LogP) is 5.03. The minimum absolute atomic E-state index is 0.273. The van der Waals surface area contributed by atoms with E-state index in [1.165, 1.54) is 12.1 Å². The van der Waals surface area contributed by atoms with Gasteiger partial charge in [-0.2, -0.15) is 13.2 Å². The number of nitrogens with zero attached hydrogens (tertiary/aromatic N) is 1. The van der Waals surface area contributed by atoms with Crippen LogP contribution in [0.25, 0.3) is 11.1 Å². The van der Waals surface area contributed by atoms with Gasteiger partial charge in [-0.3, -0.25) is 0 Å². The number of halogens is 5. The lowest BCUT2D eigenvalue weighted by atomic mass is 10.1. The Bertz CT molecular complexity index is 567. The Morgan fingerprint density at radius 3 is 2.28 bits per heavy atom. The highest BCUT2D eigenvalue weighted by atomic mass is 127. The highest BCUT2D eigenvalue weighted by Gasteiger charge is 2.30. The van der Waals surface area contributed by atoms with Gasteiger partial charge >= 0.3 is 6.18 Å². The lowest BCUT2D eigenvalue weighted by molar-refractivity contribution is -0.137. The number of aromatic nitrogens is 1. The molecule has 0 saturated carbocycles. The topological polar surface area (TPSA) is 12.9 Å². The van der Waals surface area contributed by atoms with Crippen molar-refractivity contribution in [1.29, 1.82) is 0 Å². The summed E-state index contributed by atoms with van der Waals surface area (Å²) in [6, 6.07) is 6.62. The van der Waals surface area contributed by atoms with Gasteiger partial charge < -0.3 is 0 Å². The van der Waals surface area contributed by atoms with Crippen LogP contribution in [0.2, 0.25) is 5.15 Å². The lowest BCUT2D eigenvalue weighted by Crippen LogP contribution is -2.04. The molecule has 2 aromatic rings. The molecule has 0 fully saturated rings. The van der Waals surface area contributed by atoms with Crippen LogP contribution in [0.1, 0.15) is 5.56 Å². The standard InChI is InChI=1S/C12H6ClF3IN/c13-11-10(5-9(17)6-18-11)7-1-3-8(4-2-7)12(14,15)16/h1-6H. The average molecular weight is 384 g/mol. The fraction of sp³-hybridized carbons (Fsp3) is 0.0833. The van der Waals surface area contributed by atoms with Crippen LogP contribution in [-0.2, 0) is 6.18 Å². The largest absolute Gasteiger partial charge is 0.416 e. The Labute approximate surface area is 120 Å². The number of hydrogen-bond acceptors (Lipinski definition) is 1. The van der Waals surface area contributed by atoms with Crippen LogP contribution in [0.3, 0.4) is 0 Å². The van der Waals surface area contributed by atoms with E-state index in [2.05, 4.69) is 27.6 Å². The van der Waals surface area contributed by atoms with Crippen molar-refractivity contribution in [3.05, 3.63) is 50.8 Å². The summed E-state index contributed by atoms with van der Waals surface area (Å²) in [6.07, 6.45) is -2.73. The molecular formula is C12H6ClF3IN. The molecule has 0 N–H and O–H groups in total. The van der Waals surface area contributed by atoms with E-state index < -0.39 is 11.7 Å². The molecule has 1 aromatic carbocycles. The monoisotopic (exact) mass is 383 g/mol. The van der Waals surface area contributed by atoms with E-state index in [0.29, 0.717) is 11.1 Å². The molecule has 6 heteroatoms. The van der Waals surface area contributed by atoms with Gasteiger partial charge in [0.25, 0.3) is 0 Å². The van der Waals surface area contributed by atoms with Crippen LogP contribution < -0.4 is 0 Å². The van der Waals surface area contributed by atoms with Crippen molar-refractivity contribution in [2.24, 2.45) is 0 Å². The molecule has 0 bridgehead atoms. The zero-order valence-electron chi connectivity index (χ0n) is 8.80. The molecule has 0 atom stereocenters. The number of pyridine rings is 1. The highest BCUT2D eigenvalue weighted by molar-refractivity contribution is 14.1. The first-order valence-corrected chi connectivity index (χ1v) is 6.32. The molecular weight excluding hydrogens is 377 g/mol. The first-order chi connectivity index (χ1) is 8.38. The van der Waals surface area contributed by atoms with Crippen molar-refractivity contribution in [2.75, 3.05) is 0 Å². The number of hydrogen-bond donors (Lipinski definition) is 0. The maximum atomic E-state index is 12.4. The zero-order valence-corrected chi connectivity index (χ0v) is 11.7. The van der Waals surface area contributed by atoms with E-state index in [9.17, 15) is 13.2 Å². The van der Waals surface area contributed by atoms with Crippen LogP contribution >= 0.6 is 34.2 Å². The van der Waals surface area contributed by atoms with Crippen LogP contribution in [-0.4, -0.2) is 4.98 Å². The second kappa shape index (κ2) is 5.05. The molecule has 0 aliphatic rings. The third kappa shape index (κ3) is 2.95. The molecule has 0 unspecified atom stereocenters. The summed E-state index contributed by atoms with van der Waals surface area (Å²) in [5, 5.41) is 0.273. The third-order valence-electron chi connectivity index (χ3n) is 2.33. The molecule has 1 heterocycles. The molecule has 0 radical (unpaired) electrons. The predicted molar refractivity (Wildman–Crippen MR) is 72.4 cm³/mol. The molecule has 18 heavy (non-hydrogen) atoms. The van der Waals surface area contributed by atoms with Gasteiger partial charge in [-0.1, -0.05) is 23.7 Å². The number of benzene rings is 1. The Kier molecular flexibility index (Phi) is 3.82. The summed E-state index contributed by atoms with van der Waals surface area (Å²) in [4.78, 5) is 3.96. The third-order valence-corrected chi connectivity index (χ3v) is 3.22. The fourth-order valence-electron chi connectivity index (χ4n) is 1.46. The molecule has 1 nitrogen and oxygen atoms in total. The van der Waals surface area contributed by atoms with Gasteiger partial charge in [-0.05, 0) is 46.4 Å². The molecule has 0 aliphatic heterocycles. The maximum absolute atomic E-state index is 12.4. The quantitative estimate of drug-likeness (QED) is 0.497. The van der Waals surface area contributed by atoms with Crippen LogP contribution in [0.4, 0.5) is 13.2 Å². The van der Waals surface area contributed by atoms with Crippen molar-refractivity contribution >= 4 is 34.2 Å². The molecule has 0 saturated heterocycles. The van der Waals surface area contributed by atoms with E-state index in [1.807, 2.05) is 0 Å². The fourth-order valence-corrected chi connectivity index (χ4v) is 2.13. The van der Waals surface area contributed by atoms with Crippen molar-refractivity contribution in [2.45, 2.75) is 6.18 Å². The summed E-state index contributed by atoms with van der Waals surface area (Å²) < 4.78 is 38.1. The first kappa shape index (κ1) is 13.6. The van der Waals surface area contributed by atoms with Gasteiger partial charge in [0.2, 0.25) is 0 Å². The van der Waals surface area contributed by atoms with E-state index in [0.717, 1.165) is 15.7 Å². The minimum atomic E-state index is -4.33. The summed E-state index contributed by atoms with van der Waals surface area (Å²) in [7, 11) is 0. The Hall–Kier alpha value is -0.820. The summed E-state index contributed by atoms with van der Waals surface area (Å²) in [5.74, 6) is 0. The van der Waals surface area contributed by atoms with Gasteiger partial charge in [0.05, 0.1) is 5.56 Å². The molecule has 94 valence electrons. The number of rotatable bonds is 1. The summed E-state index contributed by atoms with van der Waals surface area (Å²) in [5.41, 5.74) is 0.553. The zero-order chi connectivity index (χ0) is 13.3. The van der Waals surface area contributed by atoms with Crippen LogP contribution in [0.5, 0.6) is 0 Å². The smallest absolute Gasteiger partial charge is 0.243 e. The molecule has 0 spiro atoms. The van der Waals surface area contributed by atoms with Gasteiger partial charge in [0.15, 0.2) is 0 Å². The Morgan fingerprint density at radius 1 is 1.11 bits per heavy atom.